The summed E-state index contributed by atoms with van der Waals surface area (Å²) >= 11 is 3.60. The van der Waals surface area contributed by atoms with Gasteiger partial charge in [0.1, 0.15) is 4.34 Å². The summed E-state index contributed by atoms with van der Waals surface area (Å²) in [5, 5.41) is 2.11. The van der Waals surface area contributed by atoms with Crippen molar-refractivity contribution in [2.24, 2.45) is 0 Å². The van der Waals surface area contributed by atoms with Gasteiger partial charge in [-0.05, 0) is 26.2 Å². The molecular formula is C10H13NS2. The lowest BCUT2D eigenvalue weighted by Crippen LogP contribution is -1.96. The maximum atomic E-state index is 4.40. The summed E-state index contributed by atoms with van der Waals surface area (Å²) in [4.78, 5) is 4.40. The fourth-order valence-electron chi connectivity index (χ4n) is 1.21. The largest absolute Gasteiger partial charge is 0.235 e. The van der Waals surface area contributed by atoms with E-state index in [0.717, 1.165) is 11.4 Å². The van der Waals surface area contributed by atoms with Crippen molar-refractivity contribution in [1.82, 2.24) is 4.98 Å². The first-order valence-corrected chi connectivity index (χ1v) is 6.44. The molecule has 1 nitrogen and oxygen atoms in total. The highest BCUT2D eigenvalue weighted by Gasteiger charge is 2.07. The number of hydrogen-bond acceptors (Lipinski definition) is 3. The second-order valence-electron chi connectivity index (χ2n) is 3.28. The van der Waals surface area contributed by atoms with Gasteiger partial charge in [0.05, 0.1) is 0 Å². The molecule has 3 heteroatoms. The third-order valence-electron chi connectivity index (χ3n) is 2.17. The number of nitrogens with zero attached hydrogens (tertiary/aromatic N) is 1. The Bertz CT molecular complexity index is 308. The van der Waals surface area contributed by atoms with Crippen LogP contribution in [0.1, 0.15) is 25.0 Å². The monoisotopic (exact) mass is 211 g/mol. The average molecular weight is 211 g/mol. The van der Waals surface area contributed by atoms with Crippen LogP contribution in [0, 0.1) is 6.92 Å². The van der Waals surface area contributed by atoms with Crippen molar-refractivity contribution in [3.63, 3.8) is 0 Å². The van der Waals surface area contributed by atoms with Crippen LogP contribution in [-0.4, -0.2) is 10.7 Å². The van der Waals surface area contributed by atoms with Crippen LogP contribution < -0.4 is 0 Å². The Kier molecular flexibility index (Phi) is 3.06. The number of thiazole rings is 1. The van der Waals surface area contributed by atoms with Crippen molar-refractivity contribution >= 4 is 23.1 Å². The molecule has 1 saturated carbocycles. The zero-order valence-corrected chi connectivity index (χ0v) is 9.38. The van der Waals surface area contributed by atoms with Crippen LogP contribution in [0.5, 0.6) is 0 Å². The van der Waals surface area contributed by atoms with Gasteiger partial charge in [-0.25, -0.2) is 4.98 Å². The molecule has 70 valence electrons. The summed E-state index contributed by atoms with van der Waals surface area (Å²) in [6.07, 6.45) is 6.42. The number of rotatable bonds is 3. The molecule has 1 fully saturated rings. The van der Waals surface area contributed by atoms with E-state index in [1.54, 1.807) is 16.9 Å². The van der Waals surface area contributed by atoms with Crippen molar-refractivity contribution in [1.29, 1.82) is 0 Å². The molecule has 0 bridgehead atoms. The third-order valence-corrected chi connectivity index (χ3v) is 4.24. The van der Waals surface area contributed by atoms with Gasteiger partial charge >= 0.3 is 0 Å². The summed E-state index contributed by atoms with van der Waals surface area (Å²) in [5.41, 5.74) is 2.78. The Morgan fingerprint density at radius 3 is 3.00 bits per heavy atom. The topological polar surface area (TPSA) is 12.9 Å². The van der Waals surface area contributed by atoms with Gasteiger partial charge in [-0.3, -0.25) is 0 Å². The summed E-state index contributed by atoms with van der Waals surface area (Å²) in [7, 11) is 0. The molecule has 1 aliphatic carbocycles. The van der Waals surface area contributed by atoms with Crippen LogP contribution in [0.25, 0.3) is 0 Å². The van der Waals surface area contributed by atoms with E-state index in [1.807, 2.05) is 18.7 Å². The maximum Gasteiger partial charge on any atom is 0.150 e. The van der Waals surface area contributed by atoms with E-state index in [1.165, 1.54) is 23.6 Å². The molecule has 0 aliphatic heterocycles. The molecule has 13 heavy (non-hydrogen) atoms. The summed E-state index contributed by atoms with van der Waals surface area (Å²) in [6, 6.07) is 0. The average Bonchev–Trinajstić information content (AvgIpc) is 2.42. The molecule has 0 N–H and O–H groups in total. The number of allylic oxidation sites excluding steroid dienone is 1. The zero-order chi connectivity index (χ0) is 9.10. The summed E-state index contributed by atoms with van der Waals surface area (Å²) in [6.45, 7) is 2.05. The zero-order valence-electron chi connectivity index (χ0n) is 7.75. The number of aryl methyl sites for hydroxylation is 1. The third kappa shape index (κ3) is 2.58. The molecule has 2 rings (SSSR count). The standard InChI is InChI=1S/C10H13NS2/c1-8-7-13-10(11-8)12-6-5-9-3-2-4-9/h5,7H,2-4,6H2,1H3. The second-order valence-corrected chi connectivity index (χ2v) is 5.41. The molecule has 0 radical (unpaired) electrons. The lowest BCUT2D eigenvalue weighted by molar-refractivity contribution is 0.661. The lowest BCUT2D eigenvalue weighted by Gasteiger charge is -2.15. The van der Waals surface area contributed by atoms with Crippen LogP contribution in [0.4, 0.5) is 0 Å². The van der Waals surface area contributed by atoms with E-state index in [2.05, 4.69) is 16.4 Å². The SMILES string of the molecule is Cc1csc(SCC=C2CCC2)n1. The van der Waals surface area contributed by atoms with Crippen LogP contribution in [-0.2, 0) is 0 Å². The predicted octanol–water partition coefficient (Wildman–Crippen LogP) is 3.65. The quantitative estimate of drug-likeness (QED) is 0.559. The Balaban J connectivity index is 1.79. The molecule has 0 aromatic carbocycles. The van der Waals surface area contributed by atoms with Crippen molar-refractivity contribution in [2.45, 2.75) is 30.5 Å². The van der Waals surface area contributed by atoms with Gasteiger partial charge in [-0.15, -0.1) is 11.3 Å². The minimum Gasteiger partial charge on any atom is -0.235 e. The van der Waals surface area contributed by atoms with Gasteiger partial charge in [0.15, 0.2) is 0 Å². The Morgan fingerprint density at radius 2 is 2.46 bits per heavy atom. The molecular weight excluding hydrogens is 198 g/mol. The Morgan fingerprint density at radius 1 is 1.62 bits per heavy atom. The van der Waals surface area contributed by atoms with E-state index in [-0.39, 0.29) is 0 Å². The molecule has 1 heterocycles. The van der Waals surface area contributed by atoms with E-state index in [9.17, 15) is 0 Å². The molecule has 1 aromatic rings. The Labute approximate surface area is 87.3 Å². The minimum absolute atomic E-state index is 1.10. The van der Waals surface area contributed by atoms with Crippen LogP contribution in [0.3, 0.4) is 0 Å². The van der Waals surface area contributed by atoms with Crippen molar-refractivity contribution in [3.05, 3.63) is 22.7 Å². The summed E-state index contributed by atoms with van der Waals surface area (Å²) in [5.74, 6) is 1.10. The predicted molar refractivity (Wildman–Crippen MR) is 59.5 cm³/mol. The van der Waals surface area contributed by atoms with Gasteiger partial charge in [-0.2, -0.15) is 0 Å². The highest BCUT2D eigenvalue weighted by Crippen LogP contribution is 2.27. The molecule has 0 unspecified atom stereocenters. The van der Waals surface area contributed by atoms with Crippen LogP contribution >= 0.6 is 23.1 Å². The van der Waals surface area contributed by atoms with E-state index in [4.69, 9.17) is 0 Å². The fraction of sp³-hybridized carbons (Fsp3) is 0.500. The van der Waals surface area contributed by atoms with E-state index >= 15 is 0 Å². The molecule has 1 aliphatic rings. The number of hydrogen-bond donors (Lipinski definition) is 0. The number of aromatic nitrogens is 1. The smallest absolute Gasteiger partial charge is 0.150 e. The number of thioether (sulfide) groups is 1. The van der Waals surface area contributed by atoms with Crippen molar-refractivity contribution in [3.8, 4) is 0 Å². The minimum atomic E-state index is 1.10. The van der Waals surface area contributed by atoms with Crippen molar-refractivity contribution in [2.75, 3.05) is 5.75 Å². The van der Waals surface area contributed by atoms with Gasteiger partial charge in [0.25, 0.3) is 0 Å². The normalized spacial score (nSPS) is 15.6. The van der Waals surface area contributed by atoms with Crippen molar-refractivity contribution < 1.29 is 0 Å². The van der Waals surface area contributed by atoms with Gasteiger partial charge < -0.3 is 0 Å². The van der Waals surface area contributed by atoms with Gasteiger partial charge in [-0.1, -0.05) is 23.4 Å². The lowest BCUT2D eigenvalue weighted by atomic mass is 9.93. The molecule has 0 spiro atoms. The molecule has 0 saturated heterocycles. The van der Waals surface area contributed by atoms with E-state index in [0.29, 0.717) is 0 Å². The fourth-order valence-corrected chi connectivity index (χ4v) is 3.03. The van der Waals surface area contributed by atoms with Crippen LogP contribution in [0.2, 0.25) is 0 Å². The first kappa shape index (κ1) is 9.28. The van der Waals surface area contributed by atoms with Gasteiger partial charge in [0, 0.05) is 16.8 Å². The first-order valence-electron chi connectivity index (χ1n) is 4.57. The van der Waals surface area contributed by atoms with Crippen LogP contribution in [0.15, 0.2) is 21.4 Å². The van der Waals surface area contributed by atoms with E-state index < -0.39 is 0 Å². The molecule has 0 atom stereocenters. The maximum absolute atomic E-state index is 4.40. The molecule has 0 amide bonds. The molecule has 1 aromatic heterocycles. The second kappa shape index (κ2) is 4.29. The highest BCUT2D eigenvalue weighted by molar-refractivity contribution is 8.01. The Hall–Kier alpha value is -0.280. The van der Waals surface area contributed by atoms with Gasteiger partial charge in [0.2, 0.25) is 0 Å². The first-order chi connectivity index (χ1) is 6.34. The highest BCUT2D eigenvalue weighted by atomic mass is 32.2. The summed E-state index contributed by atoms with van der Waals surface area (Å²) < 4.78 is 1.20.